The largest absolute Gasteiger partial charge is 0.489 e. The minimum Gasteiger partial charge on any atom is -0.489 e. The Morgan fingerprint density at radius 2 is 2.03 bits per heavy atom. The summed E-state index contributed by atoms with van der Waals surface area (Å²) in [5.74, 6) is 4.30. The van der Waals surface area contributed by atoms with E-state index in [-0.39, 0.29) is 17.3 Å². The molecule has 0 atom stereocenters. The molecular formula is C25H32N6O2S. The number of ether oxygens (including phenoxy) is 1. The van der Waals surface area contributed by atoms with Crippen LogP contribution in [0, 0.1) is 17.2 Å². The predicted octanol–water partition coefficient (Wildman–Crippen LogP) is 3.70. The maximum atomic E-state index is 10.0. The molecule has 0 amide bonds. The van der Waals surface area contributed by atoms with Crippen LogP contribution in [0.3, 0.4) is 0 Å². The van der Waals surface area contributed by atoms with Crippen LogP contribution >= 0.6 is 0 Å². The van der Waals surface area contributed by atoms with Crippen molar-refractivity contribution < 1.29 is 9.84 Å². The smallest absolute Gasteiger partial charge is 0.138 e. The van der Waals surface area contributed by atoms with E-state index in [1.165, 1.54) is 0 Å². The Hall–Kier alpha value is -2.96. The fourth-order valence-electron chi connectivity index (χ4n) is 3.73. The van der Waals surface area contributed by atoms with Crippen molar-refractivity contribution in [3.8, 4) is 22.9 Å². The maximum absolute atomic E-state index is 10.0. The van der Waals surface area contributed by atoms with Gasteiger partial charge >= 0.3 is 0 Å². The Labute approximate surface area is 203 Å². The molecular weight excluding hydrogens is 448 g/mol. The zero-order chi connectivity index (χ0) is 24.3. The average molecular weight is 481 g/mol. The first-order valence-corrected chi connectivity index (χ1v) is 13.1. The van der Waals surface area contributed by atoms with Crippen molar-refractivity contribution in [2.45, 2.75) is 33.3 Å². The molecule has 0 saturated carbocycles. The van der Waals surface area contributed by atoms with Crippen molar-refractivity contribution in [3.05, 3.63) is 42.4 Å². The minimum atomic E-state index is -0.962. The quantitative estimate of drug-likeness (QED) is 0.554. The van der Waals surface area contributed by atoms with E-state index in [9.17, 15) is 10.4 Å². The number of fused-ring (bicyclic) bond motifs is 1. The zero-order valence-corrected chi connectivity index (χ0v) is 21.0. The van der Waals surface area contributed by atoms with E-state index in [4.69, 9.17) is 14.1 Å². The fraction of sp³-hybridized carbons (Fsp3) is 0.480. The summed E-state index contributed by atoms with van der Waals surface area (Å²) in [4.78, 5) is 7.06. The topological polar surface area (TPSA) is 99.0 Å². The lowest BCUT2D eigenvalue weighted by atomic mass is 10.1. The molecule has 3 aromatic rings. The van der Waals surface area contributed by atoms with Crippen molar-refractivity contribution in [2.75, 3.05) is 42.6 Å². The highest BCUT2D eigenvalue weighted by molar-refractivity contribution is 7.87. The highest BCUT2D eigenvalue weighted by Crippen LogP contribution is 2.31. The molecule has 0 aromatic carbocycles. The minimum absolute atomic E-state index is 0.140. The van der Waals surface area contributed by atoms with Gasteiger partial charge in [0.05, 0.1) is 29.1 Å². The molecule has 1 aliphatic heterocycles. The summed E-state index contributed by atoms with van der Waals surface area (Å²) in [5, 5.41) is 23.9. The molecule has 180 valence electrons. The summed E-state index contributed by atoms with van der Waals surface area (Å²) >= 11 is 0. The average Bonchev–Trinajstić information content (AvgIpc) is 3.24. The van der Waals surface area contributed by atoms with Crippen molar-refractivity contribution in [2.24, 2.45) is 10.3 Å². The number of aliphatic hydroxyl groups is 1. The Bertz CT molecular complexity index is 1210. The van der Waals surface area contributed by atoms with Crippen molar-refractivity contribution in [3.63, 3.8) is 0 Å². The monoisotopic (exact) mass is 480 g/mol. The van der Waals surface area contributed by atoms with E-state index in [1.807, 2.05) is 24.4 Å². The van der Waals surface area contributed by atoms with Gasteiger partial charge in [0.25, 0.3) is 0 Å². The van der Waals surface area contributed by atoms with E-state index < -0.39 is 5.60 Å². The summed E-state index contributed by atoms with van der Waals surface area (Å²) in [6, 6.07) is 8.16. The number of nitriles is 1. The number of hydrogen-bond donors (Lipinski definition) is 1. The molecule has 1 aliphatic rings. The number of nitrogens with zero attached hydrogens (tertiary/aromatic N) is 6. The van der Waals surface area contributed by atoms with Crippen LogP contribution in [0.1, 0.15) is 33.3 Å². The van der Waals surface area contributed by atoms with Crippen LogP contribution in [0.4, 0.5) is 5.82 Å². The Morgan fingerprint density at radius 1 is 1.26 bits per heavy atom. The van der Waals surface area contributed by atoms with Gasteiger partial charge in [-0.2, -0.15) is 10.4 Å². The van der Waals surface area contributed by atoms with Gasteiger partial charge in [0, 0.05) is 48.5 Å². The van der Waals surface area contributed by atoms with Gasteiger partial charge in [-0.15, -0.1) is 0 Å². The first-order valence-electron chi connectivity index (χ1n) is 11.6. The third-order valence-electron chi connectivity index (χ3n) is 5.50. The van der Waals surface area contributed by atoms with Crippen LogP contribution in [0.15, 0.2) is 41.2 Å². The van der Waals surface area contributed by atoms with E-state index in [1.54, 1.807) is 30.8 Å². The molecule has 3 aromatic heterocycles. The van der Waals surface area contributed by atoms with Gasteiger partial charge in [0.1, 0.15) is 24.2 Å². The van der Waals surface area contributed by atoms with Gasteiger partial charge in [0.2, 0.25) is 0 Å². The molecule has 34 heavy (non-hydrogen) atoms. The Morgan fingerprint density at radius 3 is 2.65 bits per heavy atom. The summed E-state index contributed by atoms with van der Waals surface area (Å²) in [6.07, 6.45) is 5.12. The van der Waals surface area contributed by atoms with Gasteiger partial charge in [-0.3, -0.25) is 4.36 Å². The van der Waals surface area contributed by atoms with Gasteiger partial charge in [-0.25, -0.2) is 9.50 Å². The highest BCUT2D eigenvalue weighted by atomic mass is 32.2. The summed E-state index contributed by atoms with van der Waals surface area (Å²) < 4.78 is 12.3. The second kappa shape index (κ2) is 10.1. The first kappa shape index (κ1) is 24.2. The molecule has 4 heterocycles. The maximum Gasteiger partial charge on any atom is 0.138 e. The number of rotatable bonds is 7. The zero-order valence-electron chi connectivity index (χ0n) is 20.2. The lowest BCUT2D eigenvalue weighted by Crippen LogP contribution is -2.38. The molecule has 4 rings (SSSR count). The summed E-state index contributed by atoms with van der Waals surface area (Å²) in [5.41, 5.74) is 1.93. The van der Waals surface area contributed by atoms with E-state index >= 15 is 0 Å². The molecule has 0 bridgehead atoms. The lowest BCUT2D eigenvalue weighted by molar-refractivity contribution is 0.0283. The van der Waals surface area contributed by atoms with Crippen molar-refractivity contribution in [1.82, 2.24) is 14.6 Å². The second-order valence-corrected chi connectivity index (χ2v) is 11.6. The molecule has 9 heteroatoms. The highest BCUT2D eigenvalue weighted by Gasteiger charge is 2.19. The normalized spacial score (nSPS) is 15.0. The summed E-state index contributed by atoms with van der Waals surface area (Å²) in [6.45, 7) is 10.8. The number of hydrogen-bond acceptors (Lipinski definition) is 7. The second-order valence-electron chi connectivity index (χ2n) is 9.62. The fourth-order valence-corrected chi connectivity index (χ4v) is 5.56. The number of anilines is 1. The van der Waals surface area contributed by atoms with Crippen LogP contribution in [0.5, 0.6) is 5.75 Å². The third-order valence-corrected chi connectivity index (χ3v) is 7.32. The molecule has 8 nitrogen and oxygen atoms in total. The van der Waals surface area contributed by atoms with Crippen LogP contribution in [-0.4, -0.2) is 63.1 Å². The van der Waals surface area contributed by atoms with Gasteiger partial charge in [-0.1, -0.05) is 24.5 Å². The summed E-state index contributed by atoms with van der Waals surface area (Å²) in [7, 11) is 0.164. The van der Waals surface area contributed by atoms with Gasteiger partial charge < -0.3 is 14.7 Å². The molecule has 0 aliphatic carbocycles. The molecule has 0 radical (unpaired) electrons. The van der Waals surface area contributed by atoms with E-state index in [0.29, 0.717) is 22.7 Å². The van der Waals surface area contributed by atoms with E-state index in [0.717, 1.165) is 48.1 Å². The number of aromatic nitrogens is 3. The SMILES string of the molecule is CC(C)CN=S1CCN(c2ccc(-c3cc(OCC(C)(C)O)cn4ncc(C#N)c34)cn2)CC1. The third kappa shape index (κ3) is 5.75. The van der Waals surface area contributed by atoms with Crippen molar-refractivity contribution >= 4 is 22.0 Å². The van der Waals surface area contributed by atoms with E-state index in [2.05, 4.69) is 29.9 Å². The van der Waals surface area contributed by atoms with Crippen molar-refractivity contribution in [1.29, 1.82) is 5.26 Å². The molecule has 1 N–H and O–H groups in total. The van der Waals surface area contributed by atoms with Crippen LogP contribution in [-0.2, 0) is 10.7 Å². The number of pyridine rings is 2. The van der Waals surface area contributed by atoms with Gasteiger partial charge in [0.15, 0.2) is 0 Å². The molecule has 1 fully saturated rings. The first-order chi connectivity index (χ1) is 16.2. The Kier molecular flexibility index (Phi) is 7.19. The standard InChI is InChI=1S/C25H32N6O2S/c1-18(2)13-29-34-9-7-30(8-10-34)23-6-5-19(14-27-23)22-11-21(33-17-25(3,4)32)16-31-24(22)20(12-26)15-28-31/h5-6,11,14-16,18,32H,7-10,13,17H2,1-4H3. The molecule has 0 spiro atoms. The van der Waals surface area contributed by atoms with Crippen LogP contribution in [0.2, 0.25) is 0 Å². The predicted molar refractivity (Wildman–Crippen MR) is 136 cm³/mol. The Balaban J connectivity index is 1.58. The van der Waals surface area contributed by atoms with Crippen LogP contribution < -0.4 is 9.64 Å². The molecule has 1 saturated heterocycles. The lowest BCUT2D eigenvalue weighted by Gasteiger charge is -2.29. The van der Waals surface area contributed by atoms with Gasteiger partial charge in [-0.05, 0) is 38.0 Å². The molecule has 0 unspecified atom stereocenters. The van der Waals surface area contributed by atoms with Crippen LogP contribution in [0.25, 0.3) is 16.6 Å².